The number of cyclic esters (lactones) is 1. The number of hydrogen-bond acceptors (Lipinski definition) is 6. The molecule has 7 heteroatoms. The van der Waals surface area contributed by atoms with Crippen LogP contribution >= 0.6 is 11.6 Å². The van der Waals surface area contributed by atoms with Gasteiger partial charge >= 0.3 is 5.97 Å². The van der Waals surface area contributed by atoms with Gasteiger partial charge in [-0.05, 0) is 49.5 Å². The third kappa shape index (κ3) is 7.20. The number of rotatable bonds is 4. The van der Waals surface area contributed by atoms with Gasteiger partial charge in [0.25, 0.3) is 0 Å². The van der Waals surface area contributed by atoms with E-state index in [1.165, 1.54) is 0 Å². The topological polar surface area (TPSA) is 71.1 Å². The van der Waals surface area contributed by atoms with E-state index >= 15 is 0 Å². The minimum absolute atomic E-state index is 0.0317. The van der Waals surface area contributed by atoms with Crippen LogP contribution in [0.4, 0.5) is 0 Å². The molecule has 0 spiro atoms. The van der Waals surface area contributed by atoms with Gasteiger partial charge in [-0.2, -0.15) is 0 Å². The lowest BCUT2D eigenvalue weighted by Crippen LogP contribution is -2.30. The molecule has 0 radical (unpaired) electrons. The maximum atomic E-state index is 12.2. The number of methoxy groups -OCH3 is 1. The molecule has 1 fully saturated rings. The van der Waals surface area contributed by atoms with Gasteiger partial charge in [-0.25, -0.2) is 0 Å². The van der Waals surface area contributed by atoms with Crippen molar-refractivity contribution in [1.29, 1.82) is 0 Å². The van der Waals surface area contributed by atoms with Crippen LogP contribution in [0.25, 0.3) is 0 Å². The average molecular weight is 449 g/mol. The number of carbonyl (C=O) groups excluding carboxylic acids is 2. The Kier molecular flexibility index (Phi) is 8.69. The maximum Gasteiger partial charge on any atom is 0.313 e. The molecule has 2 heterocycles. The minimum atomic E-state index is -0.554. The van der Waals surface area contributed by atoms with Crippen LogP contribution in [0.15, 0.2) is 47.0 Å². The van der Waals surface area contributed by atoms with Crippen molar-refractivity contribution in [3.8, 4) is 5.75 Å². The van der Waals surface area contributed by atoms with Crippen molar-refractivity contribution in [2.75, 3.05) is 13.7 Å². The number of hydrogen-bond donors (Lipinski definition) is 0. The van der Waals surface area contributed by atoms with E-state index in [0.29, 0.717) is 31.4 Å². The Hall–Kier alpha value is -2.15. The van der Waals surface area contributed by atoms with Crippen molar-refractivity contribution in [2.24, 2.45) is 0 Å². The van der Waals surface area contributed by atoms with Gasteiger partial charge in [0.05, 0.1) is 25.9 Å². The van der Waals surface area contributed by atoms with Gasteiger partial charge in [-0.1, -0.05) is 35.9 Å². The number of Topliss-reactive ketones (excluding diaryl/α,β-unsaturated/α-hetero) is 1. The lowest BCUT2D eigenvalue weighted by Gasteiger charge is -2.19. The summed E-state index contributed by atoms with van der Waals surface area (Å²) in [6.07, 6.45) is 5.44. The zero-order valence-corrected chi connectivity index (χ0v) is 18.7. The zero-order chi connectivity index (χ0) is 22.2. The van der Waals surface area contributed by atoms with Crippen molar-refractivity contribution in [3.63, 3.8) is 0 Å². The van der Waals surface area contributed by atoms with Crippen molar-refractivity contribution in [3.05, 3.63) is 52.6 Å². The minimum Gasteiger partial charge on any atom is -0.497 e. The van der Waals surface area contributed by atoms with Crippen LogP contribution in [0.3, 0.4) is 0 Å². The number of esters is 1. The molecule has 31 heavy (non-hydrogen) atoms. The van der Waals surface area contributed by atoms with E-state index in [2.05, 4.69) is 0 Å². The van der Waals surface area contributed by atoms with Crippen molar-refractivity contribution < 1.29 is 28.5 Å². The largest absolute Gasteiger partial charge is 0.497 e. The van der Waals surface area contributed by atoms with E-state index in [1.807, 2.05) is 30.3 Å². The molecule has 0 aromatic heterocycles. The molecule has 0 saturated carbocycles. The fourth-order valence-electron chi connectivity index (χ4n) is 3.61. The Morgan fingerprint density at radius 3 is 2.68 bits per heavy atom. The number of ketones is 1. The molecule has 2 aliphatic rings. The molecular formula is C24H29ClO6. The molecule has 0 amide bonds. The molecule has 3 atom stereocenters. The van der Waals surface area contributed by atoms with Gasteiger partial charge in [-0.3, -0.25) is 9.59 Å². The van der Waals surface area contributed by atoms with Gasteiger partial charge in [0.2, 0.25) is 0 Å². The van der Waals surface area contributed by atoms with Gasteiger partial charge in [0, 0.05) is 11.5 Å². The number of fused-ring (bicyclic) bond motifs is 2. The van der Waals surface area contributed by atoms with E-state index in [4.69, 9.17) is 30.5 Å². The molecule has 3 rings (SSSR count). The first kappa shape index (κ1) is 23.5. The molecule has 2 aliphatic heterocycles. The fourth-order valence-corrected chi connectivity index (χ4v) is 3.81. The summed E-state index contributed by atoms with van der Waals surface area (Å²) in [4.78, 5) is 24.3. The van der Waals surface area contributed by atoms with Gasteiger partial charge in [-0.15, -0.1) is 0 Å². The first-order chi connectivity index (χ1) is 14.9. The first-order valence-corrected chi connectivity index (χ1v) is 10.9. The van der Waals surface area contributed by atoms with E-state index in [1.54, 1.807) is 20.1 Å². The maximum absolute atomic E-state index is 12.2. The van der Waals surface area contributed by atoms with E-state index in [9.17, 15) is 9.59 Å². The Morgan fingerprint density at radius 2 is 1.94 bits per heavy atom. The number of benzene rings is 1. The quantitative estimate of drug-likeness (QED) is 0.499. The second-order valence-corrected chi connectivity index (χ2v) is 8.31. The molecule has 1 aromatic rings. The van der Waals surface area contributed by atoms with Crippen LogP contribution < -0.4 is 4.74 Å². The van der Waals surface area contributed by atoms with Gasteiger partial charge in [0.15, 0.2) is 5.78 Å². The SMILES string of the molecule is COc1ccc(CO[C@H]2C[C@H]3CC/C(Cl)=C\C/C=C(\C)C(=O)CC(=O)OC[C@H]2O3)cc1. The second kappa shape index (κ2) is 11.5. The van der Waals surface area contributed by atoms with Crippen LogP contribution in [-0.4, -0.2) is 43.8 Å². The van der Waals surface area contributed by atoms with Crippen LogP contribution in [0.1, 0.15) is 44.6 Å². The van der Waals surface area contributed by atoms with E-state index < -0.39 is 5.97 Å². The summed E-state index contributed by atoms with van der Waals surface area (Å²) in [6, 6.07) is 7.67. The fraction of sp³-hybridized carbons (Fsp3) is 0.500. The summed E-state index contributed by atoms with van der Waals surface area (Å²) in [6.45, 7) is 2.17. The molecule has 0 aliphatic carbocycles. The van der Waals surface area contributed by atoms with Crippen LogP contribution in [-0.2, 0) is 30.4 Å². The van der Waals surface area contributed by atoms with Crippen molar-refractivity contribution in [2.45, 2.75) is 63.9 Å². The van der Waals surface area contributed by atoms with E-state index in [0.717, 1.165) is 22.8 Å². The molecule has 6 nitrogen and oxygen atoms in total. The standard InChI is InChI=1S/C24H29ClO6/c1-16-4-3-5-18(25)8-11-20-12-22(23(31-20)15-30-24(27)13-21(16)26)29-14-17-6-9-19(28-2)10-7-17/h4-7,9-10,20,22-23H,3,8,11-15H2,1-2H3/b16-4+,18-5+/t20-,22+,23-/m1/s1. The van der Waals surface area contributed by atoms with Crippen LogP contribution in [0, 0.1) is 0 Å². The highest BCUT2D eigenvalue weighted by Gasteiger charge is 2.37. The highest BCUT2D eigenvalue weighted by Crippen LogP contribution is 2.29. The van der Waals surface area contributed by atoms with Gasteiger partial charge < -0.3 is 18.9 Å². The number of allylic oxidation sites excluding steroid dienone is 4. The zero-order valence-electron chi connectivity index (χ0n) is 18.0. The van der Waals surface area contributed by atoms with Crippen LogP contribution in [0.5, 0.6) is 5.75 Å². The number of carbonyl (C=O) groups is 2. The average Bonchev–Trinajstić information content (AvgIpc) is 3.16. The normalized spacial score (nSPS) is 29.1. The molecule has 1 aromatic carbocycles. The Labute approximate surface area is 188 Å². The molecular weight excluding hydrogens is 420 g/mol. The molecule has 2 bridgehead atoms. The smallest absolute Gasteiger partial charge is 0.313 e. The summed E-state index contributed by atoms with van der Waals surface area (Å²) in [7, 11) is 1.63. The lowest BCUT2D eigenvalue weighted by molar-refractivity contribution is -0.151. The first-order valence-electron chi connectivity index (χ1n) is 10.5. The monoisotopic (exact) mass is 448 g/mol. The summed E-state index contributed by atoms with van der Waals surface area (Å²) in [5.74, 6) is -0.0143. The molecule has 168 valence electrons. The predicted molar refractivity (Wildman–Crippen MR) is 117 cm³/mol. The molecule has 0 unspecified atom stereocenters. The highest BCUT2D eigenvalue weighted by molar-refractivity contribution is 6.29. The predicted octanol–water partition coefficient (Wildman–Crippen LogP) is 4.49. The number of ether oxygens (including phenoxy) is 4. The summed E-state index contributed by atoms with van der Waals surface area (Å²) < 4.78 is 22.8. The third-order valence-corrected chi connectivity index (χ3v) is 5.87. The second-order valence-electron chi connectivity index (χ2n) is 7.83. The Morgan fingerprint density at radius 1 is 1.16 bits per heavy atom. The Bertz CT molecular complexity index is 829. The highest BCUT2D eigenvalue weighted by atomic mass is 35.5. The van der Waals surface area contributed by atoms with Crippen molar-refractivity contribution in [1.82, 2.24) is 0 Å². The summed E-state index contributed by atoms with van der Waals surface area (Å²) in [5, 5.41) is 0.737. The third-order valence-electron chi connectivity index (χ3n) is 5.52. The summed E-state index contributed by atoms with van der Waals surface area (Å²) in [5.41, 5.74) is 1.55. The molecule has 0 N–H and O–H groups in total. The molecule has 1 saturated heterocycles. The van der Waals surface area contributed by atoms with Crippen molar-refractivity contribution >= 4 is 23.4 Å². The lowest BCUT2D eigenvalue weighted by atomic mass is 10.1. The summed E-state index contributed by atoms with van der Waals surface area (Å²) >= 11 is 6.34. The number of halogens is 1. The van der Waals surface area contributed by atoms with Gasteiger partial charge in [0.1, 0.15) is 24.9 Å². The van der Waals surface area contributed by atoms with Crippen LogP contribution in [0.2, 0.25) is 0 Å². The van der Waals surface area contributed by atoms with E-state index in [-0.39, 0.29) is 37.1 Å². The Balaban J connectivity index is 1.65.